The Morgan fingerprint density at radius 3 is 1.63 bits per heavy atom. The highest BCUT2D eigenvalue weighted by molar-refractivity contribution is 7.80. The van der Waals surface area contributed by atoms with Crippen molar-refractivity contribution in [2.45, 2.75) is 24.8 Å². The van der Waals surface area contributed by atoms with Crippen LogP contribution in [0.25, 0.3) is 0 Å². The molecule has 212 valence electrons. The van der Waals surface area contributed by atoms with Crippen LogP contribution in [-0.2, 0) is 12.6 Å². The average molecular weight is 593 g/mol. The van der Waals surface area contributed by atoms with Gasteiger partial charge in [-0.15, -0.1) is 0 Å². The molecule has 1 aromatic heterocycles. The molecule has 0 radical (unpaired) electrons. The summed E-state index contributed by atoms with van der Waals surface area (Å²) < 4.78 is 2.44. The maximum atomic E-state index is 5.00. The molecule has 0 aliphatic heterocycles. The van der Waals surface area contributed by atoms with Gasteiger partial charge in [-0.1, -0.05) is 146 Å². The van der Waals surface area contributed by atoms with E-state index in [9.17, 15) is 0 Å². The first-order valence-corrected chi connectivity index (χ1v) is 18.0. The van der Waals surface area contributed by atoms with E-state index in [4.69, 9.17) is 4.98 Å². The maximum absolute atomic E-state index is 5.00. The van der Waals surface area contributed by atoms with Crippen LogP contribution in [0.4, 0.5) is 0 Å². The van der Waals surface area contributed by atoms with Crippen molar-refractivity contribution < 1.29 is 0 Å². The highest BCUT2D eigenvalue weighted by Crippen LogP contribution is 2.23. The van der Waals surface area contributed by atoms with E-state index in [-0.39, 0.29) is 5.82 Å². The summed E-state index contributed by atoms with van der Waals surface area (Å²) in [6.45, 7) is 0. The Balaban J connectivity index is 1.46. The molecule has 0 aliphatic carbocycles. The van der Waals surface area contributed by atoms with Gasteiger partial charge < -0.3 is 4.57 Å². The lowest BCUT2D eigenvalue weighted by Crippen LogP contribution is -2.70. The molecule has 6 rings (SSSR count). The number of imidazole rings is 1. The van der Waals surface area contributed by atoms with Gasteiger partial charge >= 0.3 is 0 Å². The molecule has 0 saturated heterocycles. The molecule has 0 bridgehead atoms. The smallest absolute Gasteiger partial charge is 0.217 e. The lowest BCUT2D eigenvalue weighted by molar-refractivity contribution is 0.889. The van der Waals surface area contributed by atoms with Crippen LogP contribution >= 0.6 is 12.6 Å². The van der Waals surface area contributed by atoms with Gasteiger partial charge in [-0.2, -0.15) is 12.6 Å². The molecular formula is C38H37BN2SSi. The second kappa shape index (κ2) is 13.9. The standard InChI is InChI=1S/C38H37BN2SSi/c42-29-13-14-31-23-25-36(26-24-31)43(34-19-9-3-10-20-34,35-21-11-4-12-22-35)30-41-28-27-40-38(41)39-37(32-15-5-1-6-16-32)33-17-7-2-8-18-33/h1-12,15-28,37,39,42H,13-14,29-30H2. The van der Waals surface area contributed by atoms with E-state index in [2.05, 4.69) is 169 Å². The van der Waals surface area contributed by atoms with E-state index >= 15 is 0 Å². The number of hydrogen-bond acceptors (Lipinski definition) is 2. The van der Waals surface area contributed by atoms with E-state index in [1.54, 1.807) is 0 Å². The molecule has 0 saturated carbocycles. The van der Waals surface area contributed by atoms with Crippen molar-refractivity contribution in [1.82, 2.24) is 9.55 Å². The van der Waals surface area contributed by atoms with Gasteiger partial charge in [0, 0.05) is 18.6 Å². The lowest BCUT2D eigenvalue weighted by Gasteiger charge is -2.35. The molecule has 0 unspecified atom stereocenters. The van der Waals surface area contributed by atoms with Gasteiger partial charge in [0.05, 0.1) is 5.72 Å². The third kappa shape index (κ3) is 6.48. The van der Waals surface area contributed by atoms with Gasteiger partial charge in [-0.25, -0.2) is 0 Å². The predicted octanol–water partition coefficient (Wildman–Crippen LogP) is 5.31. The van der Waals surface area contributed by atoms with Gasteiger partial charge in [0.25, 0.3) is 0 Å². The minimum Gasteiger partial charge on any atom is -0.345 e. The normalized spacial score (nSPS) is 11.5. The van der Waals surface area contributed by atoms with Crippen molar-refractivity contribution in [2.75, 3.05) is 5.75 Å². The Morgan fingerprint density at radius 2 is 1.12 bits per heavy atom. The zero-order valence-corrected chi connectivity index (χ0v) is 26.4. The summed E-state index contributed by atoms with van der Waals surface area (Å²) in [4.78, 5) is 5.00. The second-order valence-corrected chi connectivity index (χ2v) is 15.5. The van der Waals surface area contributed by atoms with Crippen LogP contribution in [0.3, 0.4) is 0 Å². The molecule has 5 heteroatoms. The first-order chi connectivity index (χ1) is 21.3. The number of thiol groups is 1. The van der Waals surface area contributed by atoms with Crippen LogP contribution in [0.1, 0.15) is 28.9 Å². The van der Waals surface area contributed by atoms with Crippen molar-refractivity contribution >= 4 is 49.3 Å². The number of hydrogen-bond donors (Lipinski definition) is 1. The van der Waals surface area contributed by atoms with E-state index in [0.29, 0.717) is 0 Å². The molecule has 43 heavy (non-hydrogen) atoms. The Hall–Kier alpha value is -4.06. The van der Waals surface area contributed by atoms with Crippen molar-refractivity contribution in [2.24, 2.45) is 0 Å². The average Bonchev–Trinajstić information content (AvgIpc) is 3.53. The summed E-state index contributed by atoms with van der Waals surface area (Å²) in [5.41, 5.74) is 5.12. The molecule has 0 atom stereocenters. The fourth-order valence-electron chi connectivity index (χ4n) is 6.37. The van der Waals surface area contributed by atoms with Crippen molar-refractivity contribution in [3.8, 4) is 0 Å². The third-order valence-electron chi connectivity index (χ3n) is 8.60. The summed E-state index contributed by atoms with van der Waals surface area (Å²) in [5.74, 6) is 1.13. The van der Waals surface area contributed by atoms with Gasteiger partial charge in [0.1, 0.15) is 0 Å². The summed E-state index contributed by atoms with van der Waals surface area (Å²) in [5, 5.41) is 4.24. The van der Waals surface area contributed by atoms with E-state index in [0.717, 1.165) is 37.8 Å². The van der Waals surface area contributed by atoms with E-state index in [1.165, 1.54) is 32.3 Å². The lowest BCUT2D eigenvalue weighted by atomic mass is 9.58. The molecule has 2 nitrogen and oxygen atoms in total. The van der Waals surface area contributed by atoms with Crippen LogP contribution < -0.4 is 21.3 Å². The number of aryl methyl sites for hydroxylation is 1. The number of nitrogens with zero attached hydrogens (tertiary/aromatic N) is 2. The highest BCUT2D eigenvalue weighted by Gasteiger charge is 2.40. The van der Waals surface area contributed by atoms with Crippen LogP contribution in [-0.4, -0.2) is 30.7 Å². The predicted molar refractivity (Wildman–Crippen MR) is 190 cm³/mol. The molecule has 0 fully saturated rings. The fourth-order valence-corrected chi connectivity index (χ4v) is 11.1. The molecule has 1 heterocycles. The summed E-state index contributed by atoms with van der Waals surface area (Å²) in [7, 11) is -1.68. The minimum atomic E-state index is -2.52. The maximum Gasteiger partial charge on any atom is 0.217 e. The molecular weight excluding hydrogens is 555 g/mol. The van der Waals surface area contributed by atoms with Crippen LogP contribution in [0, 0.1) is 0 Å². The molecule has 0 spiro atoms. The summed E-state index contributed by atoms with van der Waals surface area (Å²) >= 11 is 4.44. The second-order valence-electron chi connectivity index (χ2n) is 11.2. The largest absolute Gasteiger partial charge is 0.345 e. The van der Waals surface area contributed by atoms with Gasteiger partial charge in [0.15, 0.2) is 8.07 Å². The molecule has 0 N–H and O–H groups in total. The van der Waals surface area contributed by atoms with Gasteiger partial charge in [-0.3, -0.25) is 4.98 Å². The number of benzene rings is 5. The van der Waals surface area contributed by atoms with E-state index < -0.39 is 8.07 Å². The van der Waals surface area contributed by atoms with Gasteiger partial charge in [0.2, 0.25) is 7.28 Å². The summed E-state index contributed by atoms with van der Waals surface area (Å²) in [6.07, 6.45) is 7.20. The van der Waals surface area contributed by atoms with Crippen molar-refractivity contribution in [3.63, 3.8) is 0 Å². The van der Waals surface area contributed by atoms with Gasteiger partial charge in [-0.05, 0) is 56.7 Å². The topological polar surface area (TPSA) is 17.8 Å². The van der Waals surface area contributed by atoms with E-state index in [1.807, 2.05) is 6.20 Å². The quantitative estimate of drug-likeness (QED) is 0.116. The van der Waals surface area contributed by atoms with Crippen LogP contribution in [0.2, 0.25) is 0 Å². The fraction of sp³-hybridized carbons (Fsp3) is 0.132. The van der Waals surface area contributed by atoms with Crippen molar-refractivity contribution in [1.29, 1.82) is 0 Å². The number of rotatable bonds is 12. The Kier molecular flexibility index (Phi) is 9.41. The number of aromatic nitrogens is 2. The highest BCUT2D eigenvalue weighted by atomic mass is 32.1. The van der Waals surface area contributed by atoms with Crippen molar-refractivity contribution in [3.05, 3.63) is 175 Å². The molecule has 0 aliphatic rings. The zero-order valence-electron chi connectivity index (χ0n) is 24.5. The molecule has 5 aromatic carbocycles. The Labute approximate surface area is 263 Å². The van der Waals surface area contributed by atoms with Crippen LogP contribution in [0.5, 0.6) is 0 Å². The minimum absolute atomic E-state index is 0.221. The molecule has 6 aromatic rings. The third-order valence-corrected chi connectivity index (χ3v) is 13.7. The monoisotopic (exact) mass is 592 g/mol. The molecule has 0 amide bonds. The summed E-state index contributed by atoms with van der Waals surface area (Å²) in [6, 6.07) is 53.5. The first-order valence-electron chi connectivity index (χ1n) is 15.2. The van der Waals surface area contributed by atoms with Crippen LogP contribution in [0.15, 0.2) is 158 Å². The Morgan fingerprint density at radius 1 is 0.628 bits per heavy atom. The Bertz CT molecular complexity index is 1610. The zero-order chi connectivity index (χ0) is 29.3. The first kappa shape index (κ1) is 29.0. The SMILES string of the molecule is SCCCc1ccc([Si](Cn2ccnc2BC(c2ccccc2)c2ccccc2)(c2ccccc2)c2ccccc2)cc1.